The lowest BCUT2D eigenvalue weighted by Gasteiger charge is -2.23. The molecule has 3 rings (SSSR count). The quantitative estimate of drug-likeness (QED) is 0.529. The highest BCUT2D eigenvalue weighted by Gasteiger charge is 2.43. The van der Waals surface area contributed by atoms with Gasteiger partial charge in [0.1, 0.15) is 0 Å². The van der Waals surface area contributed by atoms with Crippen LogP contribution in [-0.4, -0.2) is 59.0 Å². The van der Waals surface area contributed by atoms with Crippen LogP contribution < -0.4 is 5.32 Å². The van der Waals surface area contributed by atoms with Gasteiger partial charge in [0.05, 0.1) is 12.5 Å². The minimum Gasteiger partial charge on any atom is -0.352 e. The monoisotopic (exact) mass is 387 g/mol. The number of carbonyl (C=O) groups is 5. The van der Waals surface area contributed by atoms with Crippen molar-refractivity contribution in [2.75, 3.05) is 19.6 Å². The molecule has 3 heterocycles. The van der Waals surface area contributed by atoms with Crippen LogP contribution in [0.4, 0.5) is 0 Å². The summed E-state index contributed by atoms with van der Waals surface area (Å²) in [5.41, 5.74) is 1.81. The number of likely N-dealkylation sites (tertiary alicyclic amines) is 1. The fourth-order valence-corrected chi connectivity index (χ4v) is 3.98. The van der Waals surface area contributed by atoms with Crippen molar-refractivity contribution in [2.45, 2.75) is 40.0 Å². The van der Waals surface area contributed by atoms with Gasteiger partial charge in [-0.3, -0.25) is 33.8 Å². The van der Waals surface area contributed by atoms with E-state index in [0.29, 0.717) is 36.1 Å². The zero-order chi connectivity index (χ0) is 20.6. The Labute approximate surface area is 163 Å². The molecule has 5 amide bonds. The molecule has 2 atom stereocenters. The van der Waals surface area contributed by atoms with Crippen molar-refractivity contribution >= 4 is 29.5 Å². The average molecular weight is 387 g/mol. The molecular weight excluding hydrogens is 362 g/mol. The van der Waals surface area contributed by atoms with Crippen LogP contribution in [0.1, 0.15) is 40.0 Å². The Morgan fingerprint density at radius 2 is 1.93 bits per heavy atom. The molecule has 8 nitrogen and oxygen atoms in total. The lowest BCUT2D eigenvalue weighted by molar-refractivity contribution is -0.142. The summed E-state index contributed by atoms with van der Waals surface area (Å²) in [6.45, 7) is 6.13. The summed E-state index contributed by atoms with van der Waals surface area (Å²) in [6, 6.07) is 0. The fraction of sp³-hybridized carbons (Fsp3) is 0.550. The van der Waals surface area contributed by atoms with Gasteiger partial charge in [0.2, 0.25) is 17.7 Å². The highest BCUT2D eigenvalue weighted by atomic mass is 16.2. The Bertz CT molecular complexity index is 826. The van der Waals surface area contributed by atoms with Crippen molar-refractivity contribution in [1.82, 2.24) is 15.1 Å². The maximum atomic E-state index is 12.8. The summed E-state index contributed by atoms with van der Waals surface area (Å²) >= 11 is 0. The second kappa shape index (κ2) is 7.69. The molecule has 0 spiro atoms. The van der Waals surface area contributed by atoms with Crippen LogP contribution in [0.2, 0.25) is 0 Å². The molecule has 0 aliphatic carbocycles. The van der Waals surface area contributed by atoms with E-state index in [1.54, 1.807) is 13.8 Å². The average Bonchev–Trinajstić information content (AvgIpc) is 3.28. The number of hydrogen-bond acceptors (Lipinski definition) is 5. The number of nitrogens with one attached hydrogen (secondary N) is 1. The van der Waals surface area contributed by atoms with Crippen molar-refractivity contribution in [3.63, 3.8) is 0 Å². The van der Waals surface area contributed by atoms with Gasteiger partial charge in [0, 0.05) is 36.7 Å². The Morgan fingerprint density at radius 3 is 2.50 bits per heavy atom. The van der Waals surface area contributed by atoms with Gasteiger partial charge in [-0.05, 0) is 31.3 Å². The first-order valence-electron chi connectivity index (χ1n) is 9.62. The largest absolute Gasteiger partial charge is 0.352 e. The lowest BCUT2D eigenvalue weighted by Crippen LogP contribution is -2.39. The van der Waals surface area contributed by atoms with Gasteiger partial charge in [-0.25, -0.2) is 0 Å². The highest BCUT2D eigenvalue weighted by molar-refractivity contribution is 6.16. The zero-order valence-corrected chi connectivity index (χ0v) is 16.4. The predicted octanol–water partition coefficient (Wildman–Crippen LogP) is 0.539. The molecule has 8 heteroatoms. The fourth-order valence-electron chi connectivity index (χ4n) is 3.98. The summed E-state index contributed by atoms with van der Waals surface area (Å²) in [7, 11) is 0. The number of amides is 5. The SMILES string of the molecule is CCC1=CC(=O)N(CC(C)C2CC(=O)N(C/C(C)=C3\CCNC3=O)C2=O)C1=O. The number of imide groups is 2. The molecular formula is C20H25N3O5. The van der Waals surface area contributed by atoms with Gasteiger partial charge in [-0.15, -0.1) is 0 Å². The van der Waals surface area contributed by atoms with Gasteiger partial charge in [0.15, 0.2) is 0 Å². The van der Waals surface area contributed by atoms with Crippen LogP contribution in [0.25, 0.3) is 0 Å². The smallest absolute Gasteiger partial charge is 0.256 e. The standard InChI is InChI=1S/C20H25N3O5/c1-4-13-7-16(24)22(19(13)27)10-12(3)15-8-17(25)23(20(15)28)9-11(2)14-5-6-21-18(14)26/h7,12,15H,4-6,8-10H2,1-3H3,(H,21,26)/b14-11+. The molecule has 0 aromatic carbocycles. The molecule has 3 aliphatic rings. The van der Waals surface area contributed by atoms with Crippen molar-refractivity contribution < 1.29 is 24.0 Å². The van der Waals surface area contributed by atoms with Gasteiger partial charge < -0.3 is 5.32 Å². The van der Waals surface area contributed by atoms with E-state index in [2.05, 4.69) is 5.32 Å². The van der Waals surface area contributed by atoms with Crippen LogP contribution in [0.5, 0.6) is 0 Å². The Balaban J connectivity index is 1.67. The molecule has 3 aliphatic heterocycles. The third-order valence-electron chi connectivity index (χ3n) is 5.75. The van der Waals surface area contributed by atoms with Crippen molar-refractivity contribution in [3.05, 3.63) is 22.8 Å². The molecule has 0 radical (unpaired) electrons. The summed E-state index contributed by atoms with van der Waals surface area (Å²) in [5.74, 6) is -2.33. The predicted molar refractivity (Wildman–Crippen MR) is 99.4 cm³/mol. The summed E-state index contributed by atoms with van der Waals surface area (Å²) in [4.78, 5) is 63.7. The normalized spacial score (nSPS) is 25.6. The van der Waals surface area contributed by atoms with E-state index in [9.17, 15) is 24.0 Å². The van der Waals surface area contributed by atoms with E-state index in [1.807, 2.05) is 6.92 Å². The molecule has 150 valence electrons. The van der Waals surface area contributed by atoms with Gasteiger partial charge in [-0.2, -0.15) is 0 Å². The third kappa shape index (κ3) is 3.50. The van der Waals surface area contributed by atoms with Gasteiger partial charge in [0.25, 0.3) is 11.8 Å². The van der Waals surface area contributed by atoms with E-state index in [1.165, 1.54) is 11.0 Å². The van der Waals surface area contributed by atoms with Crippen LogP contribution in [0.15, 0.2) is 22.8 Å². The molecule has 0 saturated carbocycles. The molecule has 0 bridgehead atoms. The van der Waals surface area contributed by atoms with E-state index in [-0.39, 0.29) is 55.0 Å². The zero-order valence-electron chi connectivity index (χ0n) is 16.4. The van der Waals surface area contributed by atoms with Crippen LogP contribution >= 0.6 is 0 Å². The second-order valence-electron chi connectivity index (χ2n) is 7.65. The number of nitrogens with zero attached hydrogens (tertiary/aromatic N) is 2. The molecule has 2 unspecified atom stereocenters. The summed E-state index contributed by atoms with van der Waals surface area (Å²) in [5, 5.41) is 2.72. The summed E-state index contributed by atoms with van der Waals surface area (Å²) < 4.78 is 0. The maximum absolute atomic E-state index is 12.8. The maximum Gasteiger partial charge on any atom is 0.256 e. The first-order valence-corrected chi connectivity index (χ1v) is 9.62. The van der Waals surface area contributed by atoms with Crippen LogP contribution in [0, 0.1) is 11.8 Å². The first-order chi connectivity index (χ1) is 13.2. The Morgan fingerprint density at radius 1 is 1.21 bits per heavy atom. The number of carbonyl (C=O) groups excluding carboxylic acids is 5. The van der Waals surface area contributed by atoms with Gasteiger partial charge >= 0.3 is 0 Å². The highest BCUT2D eigenvalue weighted by Crippen LogP contribution is 2.30. The third-order valence-corrected chi connectivity index (χ3v) is 5.75. The van der Waals surface area contributed by atoms with Crippen molar-refractivity contribution in [3.8, 4) is 0 Å². The molecule has 2 saturated heterocycles. The molecule has 1 N–H and O–H groups in total. The number of rotatable bonds is 6. The first kappa shape index (κ1) is 20.0. The van der Waals surface area contributed by atoms with E-state index < -0.39 is 5.92 Å². The van der Waals surface area contributed by atoms with Crippen LogP contribution in [-0.2, 0) is 24.0 Å². The Kier molecular flexibility index (Phi) is 5.49. The topological polar surface area (TPSA) is 104 Å². The summed E-state index contributed by atoms with van der Waals surface area (Å²) in [6.07, 6.45) is 2.46. The minimum absolute atomic E-state index is 0.0547. The molecule has 0 aromatic heterocycles. The molecule has 28 heavy (non-hydrogen) atoms. The second-order valence-corrected chi connectivity index (χ2v) is 7.65. The van der Waals surface area contributed by atoms with Crippen molar-refractivity contribution in [2.24, 2.45) is 11.8 Å². The lowest BCUT2D eigenvalue weighted by atomic mass is 9.92. The Hall–Kier alpha value is -2.77. The van der Waals surface area contributed by atoms with Gasteiger partial charge in [-0.1, -0.05) is 13.8 Å². The van der Waals surface area contributed by atoms with E-state index in [4.69, 9.17) is 0 Å². The van der Waals surface area contributed by atoms with E-state index in [0.717, 1.165) is 4.90 Å². The minimum atomic E-state index is -0.575. The molecule has 2 fully saturated rings. The number of hydrogen-bond donors (Lipinski definition) is 1. The van der Waals surface area contributed by atoms with Crippen LogP contribution in [0.3, 0.4) is 0 Å². The van der Waals surface area contributed by atoms with Crippen molar-refractivity contribution in [1.29, 1.82) is 0 Å². The molecule has 0 aromatic rings. The van der Waals surface area contributed by atoms with E-state index >= 15 is 0 Å².